The molecule has 0 aliphatic heterocycles. The van der Waals surface area contributed by atoms with Gasteiger partial charge in [-0.05, 0) is 43.6 Å². The third kappa shape index (κ3) is 5.28. The summed E-state index contributed by atoms with van der Waals surface area (Å²) in [5, 5.41) is 7.38. The van der Waals surface area contributed by atoms with Crippen LogP contribution in [-0.2, 0) is 0 Å². The zero-order valence-electron chi connectivity index (χ0n) is 9.43. The first kappa shape index (κ1) is 13.5. The van der Waals surface area contributed by atoms with Crippen LogP contribution >= 0.6 is 12.6 Å². The van der Waals surface area contributed by atoms with E-state index in [0.717, 1.165) is 30.7 Å². The molecule has 0 aromatic heterocycles. The molecule has 0 saturated carbocycles. The number of nitrogens with one attached hydrogen (secondary N) is 1. The molecule has 0 aromatic rings. The lowest BCUT2D eigenvalue weighted by Crippen LogP contribution is -1.93. The van der Waals surface area contributed by atoms with Gasteiger partial charge < -0.3 is 5.41 Å². The minimum absolute atomic E-state index is 0.720. The lowest BCUT2D eigenvalue weighted by molar-refractivity contribution is 1.02. The van der Waals surface area contributed by atoms with Gasteiger partial charge >= 0.3 is 0 Å². The number of allylic oxidation sites excluding steroid dienone is 4. The molecule has 14 heavy (non-hydrogen) atoms. The molecule has 2 heteroatoms. The van der Waals surface area contributed by atoms with Gasteiger partial charge in [0.2, 0.25) is 0 Å². The van der Waals surface area contributed by atoms with Gasteiger partial charge in [0.05, 0.1) is 0 Å². The van der Waals surface area contributed by atoms with Gasteiger partial charge in [0.15, 0.2) is 0 Å². The van der Waals surface area contributed by atoms with Crippen LogP contribution in [0.3, 0.4) is 0 Å². The van der Waals surface area contributed by atoms with Crippen LogP contribution in [0.25, 0.3) is 0 Å². The van der Waals surface area contributed by atoms with Gasteiger partial charge in [-0.25, -0.2) is 0 Å². The number of thiol groups is 1. The highest BCUT2D eigenvalue weighted by molar-refractivity contribution is 7.80. The maximum absolute atomic E-state index is 7.38. The Morgan fingerprint density at radius 3 is 2.36 bits per heavy atom. The number of hydrogen-bond acceptors (Lipinski definition) is 2. The Bertz CT molecular complexity index is 239. The van der Waals surface area contributed by atoms with E-state index >= 15 is 0 Å². The van der Waals surface area contributed by atoms with Gasteiger partial charge in [-0.3, -0.25) is 0 Å². The molecule has 0 heterocycles. The minimum Gasteiger partial charge on any atom is -0.310 e. The highest BCUT2D eigenvalue weighted by atomic mass is 32.1. The second kappa shape index (κ2) is 7.86. The second-order valence-corrected chi connectivity index (χ2v) is 3.80. The third-order valence-corrected chi connectivity index (χ3v) is 2.40. The van der Waals surface area contributed by atoms with Crippen molar-refractivity contribution in [2.45, 2.75) is 40.0 Å². The first-order valence-corrected chi connectivity index (χ1v) is 5.78. The van der Waals surface area contributed by atoms with E-state index in [1.807, 2.05) is 6.92 Å². The van der Waals surface area contributed by atoms with E-state index in [1.165, 1.54) is 11.1 Å². The van der Waals surface area contributed by atoms with E-state index in [1.54, 1.807) is 0 Å². The van der Waals surface area contributed by atoms with Crippen molar-refractivity contribution in [1.29, 1.82) is 5.41 Å². The molecule has 0 aliphatic carbocycles. The molecule has 0 atom stereocenters. The maximum Gasteiger partial charge on any atom is 0.00960 e. The Morgan fingerprint density at radius 1 is 1.36 bits per heavy atom. The van der Waals surface area contributed by atoms with Crippen molar-refractivity contribution in [3.05, 3.63) is 23.3 Å². The third-order valence-electron chi connectivity index (χ3n) is 2.18. The molecule has 0 rings (SSSR count). The van der Waals surface area contributed by atoms with Crippen molar-refractivity contribution in [3.63, 3.8) is 0 Å². The summed E-state index contributed by atoms with van der Waals surface area (Å²) in [6.45, 7) is 6.07. The van der Waals surface area contributed by atoms with E-state index < -0.39 is 0 Å². The van der Waals surface area contributed by atoms with Crippen LogP contribution in [-0.4, -0.2) is 11.5 Å². The Labute approximate surface area is 93.2 Å². The van der Waals surface area contributed by atoms with Crippen LogP contribution in [0.15, 0.2) is 23.3 Å². The van der Waals surface area contributed by atoms with Crippen molar-refractivity contribution >= 4 is 18.3 Å². The summed E-state index contributed by atoms with van der Waals surface area (Å²) in [5.41, 5.74) is 3.47. The van der Waals surface area contributed by atoms with Crippen molar-refractivity contribution < 1.29 is 0 Å². The quantitative estimate of drug-likeness (QED) is 0.377. The van der Waals surface area contributed by atoms with Crippen LogP contribution in [0.2, 0.25) is 0 Å². The lowest BCUT2D eigenvalue weighted by atomic mass is 9.99. The van der Waals surface area contributed by atoms with Gasteiger partial charge in [-0.1, -0.05) is 19.1 Å². The van der Waals surface area contributed by atoms with Gasteiger partial charge in [-0.2, -0.15) is 12.6 Å². The van der Waals surface area contributed by atoms with Gasteiger partial charge in [0.25, 0.3) is 0 Å². The SMILES string of the molecule is C/C=C(CCS)\C(=C\CC(C)=N)CC. The molecule has 0 aliphatic rings. The maximum atomic E-state index is 7.38. The summed E-state index contributed by atoms with van der Waals surface area (Å²) < 4.78 is 0. The normalized spacial score (nSPS) is 13.1. The summed E-state index contributed by atoms with van der Waals surface area (Å²) in [5.74, 6) is 0.889. The van der Waals surface area contributed by atoms with Crippen LogP contribution in [0, 0.1) is 5.41 Å². The molecule has 1 N–H and O–H groups in total. The van der Waals surface area contributed by atoms with Gasteiger partial charge in [0.1, 0.15) is 0 Å². The summed E-state index contributed by atoms with van der Waals surface area (Å²) in [6.07, 6.45) is 7.16. The molecule has 0 saturated heterocycles. The topological polar surface area (TPSA) is 23.9 Å². The molecule has 80 valence electrons. The first-order chi connectivity index (χ1) is 6.65. The fraction of sp³-hybridized carbons (Fsp3) is 0.583. The molecule has 0 fully saturated rings. The molecular weight excluding hydrogens is 190 g/mol. The van der Waals surface area contributed by atoms with Crippen LogP contribution in [0.5, 0.6) is 0 Å². The summed E-state index contributed by atoms with van der Waals surface area (Å²) in [4.78, 5) is 0. The van der Waals surface area contributed by atoms with E-state index in [-0.39, 0.29) is 0 Å². The predicted octanol–water partition coefficient (Wildman–Crippen LogP) is 4.02. The molecule has 0 unspecified atom stereocenters. The Balaban J connectivity index is 4.51. The fourth-order valence-electron chi connectivity index (χ4n) is 1.39. The van der Waals surface area contributed by atoms with E-state index in [0.29, 0.717) is 0 Å². The van der Waals surface area contributed by atoms with Gasteiger partial charge in [0, 0.05) is 12.1 Å². The molecule has 0 spiro atoms. The van der Waals surface area contributed by atoms with Crippen molar-refractivity contribution in [2.75, 3.05) is 5.75 Å². The average Bonchev–Trinajstić information content (AvgIpc) is 2.16. The molecule has 0 aromatic carbocycles. The summed E-state index contributed by atoms with van der Waals surface area (Å²) in [6, 6.07) is 0. The second-order valence-electron chi connectivity index (χ2n) is 3.35. The zero-order chi connectivity index (χ0) is 11.0. The highest BCUT2D eigenvalue weighted by Gasteiger charge is 2.01. The average molecular weight is 211 g/mol. The Kier molecular flexibility index (Phi) is 7.58. The van der Waals surface area contributed by atoms with Crippen LogP contribution < -0.4 is 0 Å². The monoisotopic (exact) mass is 211 g/mol. The Hall–Kier alpha value is -0.500. The molecular formula is C12H21NS. The van der Waals surface area contributed by atoms with E-state index in [2.05, 4.69) is 38.6 Å². The molecule has 0 radical (unpaired) electrons. The van der Waals surface area contributed by atoms with Crippen LogP contribution in [0.1, 0.15) is 40.0 Å². The van der Waals surface area contributed by atoms with E-state index in [4.69, 9.17) is 5.41 Å². The van der Waals surface area contributed by atoms with E-state index in [9.17, 15) is 0 Å². The largest absolute Gasteiger partial charge is 0.310 e. The predicted molar refractivity (Wildman–Crippen MR) is 68.6 cm³/mol. The smallest absolute Gasteiger partial charge is 0.00960 e. The minimum atomic E-state index is 0.720. The standard InChI is InChI=1S/C12H21NS/c1-4-11(7-6-10(3)13)12(5-2)8-9-14/h5,7,13-14H,4,6,8-9H2,1-3H3/b11-7+,12-5-,13-10?. The molecule has 0 bridgehead atoms. The van der Waals surface area contributed by atoms with Crippen LogP contribution in [0.4, 0.5) is 0 Å². The first-order valence-electron chi connectivity index (χ1n) is 5.15. The zero-order valence-corrected chi connectivity index (χ0v) is 10.3. The Morgan fingerprint density at radius 2 is 2.00 bits per heavy atom. The lowest BCUT2D eigenvalue weighted by Gasteiger charge is -2.08. The fourth-order valence-corrected chi connectivity index (χ4v) is 1.63. The van der Waals surface area contributed by atoms with Gasteiger partial charge in [-0.15, -0.1) is 0 Å². The summed E-state index contributed by atoms with van der Waals surface area (Å²) >= 11 is 4.25. The number of hydrogen-bond donors (Lipinski definition) is 2. The molecule has 1 nitrogen and oxygen atoms in total. The summed E-state index contributed by atoms with van der Waals surface area (Å²) in [7, 11) is 0. The molecule has 0 amide bonds. The highest BCUT2D eigenvalue weighted by Crippen LogP contribution is 2.18. The van der Waals surface area contributed by atoms with Crippen molar-refractivity contribution in [1.82, 2.24) is 0 Å². The number of rotatable bonds is 6. The van der Waals surface area contributed by atoms with Crippen molar-refractivity contribution in [3.8, 4) is 0 Å². The van der Waals surface area contributed by atoms with Crippen molar-refractivity contribution in [2.24, 2.45) is 0 Å².